The molecule has 4 aromatic rings. The molecular formula is C26H23F2N3O4S. The number of hydrogen-bond acceptors (Lipinski definition) is 8. The molecule has 1 aliphatic heterocycles. The van der Waals surface area contributed by atoms with Crippen molar-refractivity contribution < 1.29 is 27.6 Å². The van der Waals surface area contributed by atoms with Crippen LogP contribution in [0.3, 0.4) is 0 Å². The molecule has 0 spiro atoms. The molecule has 0 amide bonds. The van der Waals surface area contributed by atoms with Crippen molar-refractivity contribution >= 4 is 17.3 Å². The van der Waals surface area contributed by atoms with Crippen LogP contribution in [0.15, 0.2) is 53.1 Å². The summed E-state index contributed by atoms with van der Waals surface area (Å²) in [7, 11) is 1.42. The number of thiophene rings is 1. The Morgan fingerprint density at radius 1 is 1.19 bits per heavy atom. The fourth-order valence-electron chi connectivity index (χ4n) is 4.04. The highest BCUT2D eigenvalue weighted by Gasteiger charge is 2.33. The first kappa shape index (κ1) is 24.1. The normalized spacial score (nSPS) is 14.0. The molecule has 0 unspecified atom stereocenters. The lowest BCUT2D eigenvalue weighted by Gasteiger charge is -2.36. The number of ether oxygens (including phenoxy) is 2. The van der Waals surface area contributed by atoms with Crippen LogP contribution in [-0.2, 0) is 22.5 Å². The number of esters is 1. The van der Waals surface area contributed by atoms with Gasteiger partial charge in [0.2, 0.25) is 11.6 Å². The standard InChI is InChI=1S/C26H23F2N3O4S/c1-3-15-11-19(14-31-12-17(13-31)26(32)33-2)36-23(15)24-29-25(35-30-24)16-7-9-18(10-8-16)34-21-6-4-5-20(27)22(21)28/h4-11,17H,3,12-14H2,1-2H3. The number of nitrogens with zero attached hydrogens (tertiary/aromatic N) is 3. The van der Waals surface area contributed by atoms with E-state index in [1.54, 1.807) is 35.6 Å². The Labute approximate surface area is 210 Å². The average Bonchev–Trinajstić information content (AvgIpc) is 3.51. The first-order valence-electron chi connectivity index (χ1n) is 11.4. The van der Waals surface area contributed by atoms with Gasteiger partial charge in [-0.1, -0.05) is 18.1 Å². The van der Waals surface area contributed by atoms with Crippen LogP contribution in [-0.4, -0.2) is 41.2 Å². The van der Waals surface area contributed by atoms with Gasteiger partial charge in [-0.2, -0.15) is 9.37 Å². The Hall–Kier alpha value is -3.63. The van der Waals surface area contributed by atoms with Crippen LogP contribution in [0.5, 0.6) is 11.5 Å². The van der Waals surface area contributed by atoms with E-state index in [4.69, 9.17) is 14.0 Å². The van der Waals surface area contributed by atoms with Crippen molar-refractivity contribution in [1.82, 2.24) is 15.0 Å². The fraction of sp³-hybridized carbons (Fsp3) is 0.269. The molecule has 1 aliphatic rings. The van der Waals surface area contributed by atoms with Crippen LogP contribution in [0.1, 0.15) is 17.4 Å². The smallest absolute Gasteiger partial charge is 0.311 e. The second kappa shape index (κ2) is 10.2. The summed E-state index contributed by atoms with van der Waals surface area (Å²) in [4.78, 5) is 20.5. The molecule has 0 bridgehead atoms. The summed E-state index contributed by atoms with van der Waals surface area (Å²) in [6.07, 6.45) is 0.823. The molecule has 1 fully saturated rings. The van der Waals surface area contributed by atoms with Gasteiger partial charge in [0.25, 0.3) is 5.89 Å². The summed E-state index contributed by atoms with van der Waals surface area (Å²) < 4.78 is 43.0. The number of methoxy groups -OCH3 is 1. The van der Waals surface area contributed by atoms with E-state index in [0.717, 1.165) is 29.5 Å². The average molecular weight is 512 g/mol. The molecule has 7 nitrogen and oxygen atoms in total. The number of likely N-dealkylation sites (tertiary alicyclic amines) is 1. The molecule has 2 aromatic carbocycles. The van der Waals surface area contributed by atoms with Crippen LogP contribution in [0.25, 0.3) is 22.2 Å². The Bertz CT molecular complexity index is 1380. The number of rotatable bonds is 8. The Morgan fingerprint density at radius 2 is 1.97 bits per heavy atom. The van der Waals surface area contributed by atoms with Gasteiger partial charge in [-0.25, -0.2) is 4.39 Å². The number of aromatic nitrogens is 2. The van der Waals surface area contributed by atoms with Crippen LogP contribution >= 0.6 is 11.3 Å². The van der Waals surface area contributed by atoms with Gasteiger partial charge >= 0.3 is 5.97 Å². The van der Waals surface area contributed by atoms with E-state index < -0.39 is 11.6 Å². The number of halogens is 2. The minimum absolute atomic E-state index is 0.0514. The number of hydrogen-bond donors (Lipinski definition) is 0. The molecule has 2 aromatic heterocycles. The van der Waals surface area contributed by atoms with E-state index >= 15 is 0 Å². The predicted molar refractivity (Wildman–Crippen MR) is 130 cm³/mol. The van der Waals surface area contributed by atoms with Gasteiger partial charge in [-0.3, -0.25) is 9.69 Å². The van der Waals surface area contributed by atoms with Crippen molar-refractivity contribution in [1.29, 1.82) is 0 Å². The summed E-state index contributed by atoms with van der Waals surface area (Å²) in [5.74, 6) is -1.21. The minimum Gasteiger partial charge on any atom is -0.469 e. The highest BCUT2D eigenvalue weighted by Crippen LogP contribution is 2.35. The van der Waals surface area contributed by atoms with Crippen molar-refractivity contribution in [2.45, 2.75) is 19.9 Å². The first-order chi connectivity index (χ1) is 17.4. The Balaban J connectivity index is 1.28. The zero-order valence-corrected chi connectivity index (χ0v) is 20.5. The Kier molecular flexibility index (Phi) is 6.80. The second-order valence-electron chi connectivity index (χ2n) is 8.44. The number of carbonyl (C=O) groups excluding carboxylic acids is 1. The van der Waals surface area contributed by atoms with Crippen molar-refractivity contribution in [3.8, 4) is 33.7 Å². The lowest BCUT2D eigenvalue weighted by Crippen LogP contribution is -2.49. The van der Waals surface area contributed by atoms with E-state index in [9.17, 15) is 13.6 Å². The van der Waals surface area contributed by atoms with Crippen molar-refractivity contribution in [2.24, 2.45) is 5.92 Å². The molecule has 0 radical (unpaired) electrons. The van der Waals surface area contributed by atoms with Crippen LogP contribution in [0.2, 0.25) is 0 Å². The molecule has 0 saturated carbocycles. The van der Waals surface area contributed by atoms with Gasteiger partial charge in [-0.15, -0.1) is 11.3 Å². The number of carbonyl (C=O) groups is 1. The summed E-state index contributed by atoms with van der Waals surface area (Å²) >= 11 is 1.62. The Morgan fingerprint density at radius 3 is 2.69 bits per heavy atom. The molecule has 5 rings (SSSR count). The van der Waals surface area contributed by atoms with E-state index in [1.165, 1.54) is 24.1 Å². The summed E-state index contributed by atoms with van der Waals surface area (Å²) in [5.41, 5.74) is 1.80. The molecule has 0 aliphatic carbocycles. The van der Waals surface area contributed by atoms with Crippen LogP contribution < -0.4 is 4.74 Å². The maximum Gasteiger partial charge on any atom is 0.311 e. The lowest BCUT2D eigenvalue weighted by atomic mass is 10.0. The molecule has 10 heteroatoms. The largest absolute Gasteiger partial charge is 0.469 e. The van der Waals surface area contributed by atoms with Crippen LogP contribution in [0, 0.1) is 17.6 Å². The zero-order valence-electron chi connectivity index (χ0n) is 19.7. The lowest BCUT2D eigenvalue weighted by molar-refractivity contribution is -0.151. The molecule has 1 saturated heterocycles. The number of aryl methyl sites for hydroxylation is 1. The first-order valence-corrected chi connectivity index (χ1v) is 12.2. The monoisotopic (exact) mass is 511 g/mol. The van der Waals surface area contributed by atoms with E-state index in [2.05, 4.69) is 28.0 Å². The van der Waals surface area contributed by atoms with E-state index in [0.29, 0.717) is 36.1 Å². The van der Waals surface area contributed by atoms with Gasteiger partial charge in [0, 0.05) is 30.1 Å². The molecule has 36 heavy (non-hydrogen) atoms. The predicted octanol–water partition coefficient (Wildman–Crippen LogP) is 5.70. The molecule has 0 atom stereocenters. The maximum absolute atomic E-state index is 13.9. The maximum atomic E-state index is 13.9. The highest BCUT2D eigenvalue weighted by atomic mass is 32.1. The third-order valence-electron chi connectivity index (χ3n) is 5.99. The topological polar surface area (TPSA) is 77.7 Å². The molecule has 0 N–H and O–H groups in total. The number of benzene rings is 2. The summed E-state index contributed by atoms with van der Waals surface area (Å²) in [5, 5.41) is 4.18. The van der Waals surface area contributed by atoms with Gasteiger partial charge in [-0.05, 0) is 54.4 Å². The summed E-state index contributed by atoms with van der Waals surface area (Å²) in [6, 6.07) is 12.6. The van der Waals surface area contributed by atoms with E-state index in [1.807, 2.05) is 0 Å². The van der Waals surface area contributed by atoms with Crippen molar-refractivity contribution in [3.63, 3.8) is 0 Å². The highest BCUT2D eigenvalue weighted by molar-refractivity contribution is 7.15. The fourth-order valence-corrected chi connectivity index (χ4v) is 5.26. The minimum atomic E-state index is -1.04. The van der Waals surface area contributed by atoms with Gasteiger partial charge in [0.15, 0.2) is 11.6 Å². The molecule has 3 heterocycles. The SMILES string of the molecule is CCc1cc(CN2CC(C(=O)OC)C2)sc1-c1noc(-c2ccc(Oc3cccc(F)c3F)cc2)n1. The van der Waals surface area contributed by atoms with Crippen molar-refractivity contribution in [3.05, 3.63) is 70.6 Å². The van der Waals surface area contributed by atoms with Gasteiger partial charge in [0.1, 0.15) is 5.75 Å². The zero-order chi connectivity index (χ0) is 25.2. The van der Waals surface area contributed by atoms with Crippen molar-refractivity contribution in [2.75, 3.05) is 20.2 Å². The second-order valence-corrected chi connectivity index (χ2v) is 9.57. The quantitative estimate of drug-likeness (QED) is 0.281. The van der Waals surface area contributed by atoms with E-state index in [-0.39, 0.29) is 17.6 Å². The molecular weight excluding hydrogens is 488 g/mol. The molecule has 186 valence electrons. The van der Waals surface area contributed by atoms with Gasteiger partial charge < -0.3 is 14.0 Å². The van der Waals surface area contributed by atoms with Crippen LogP contribution in [0.4, 0.5) is 8.78 Å². The van der Waals surface area contributed by atoms with Gasteiger partial charge in [0.05, 0.1) is 17.9 Å². The third-order valence-corrected chi connectivity index (χ3v) is 7.14. The third kappa shape index (κ3) is 4.87. The summed E-state index contributed by atoms with van der Waals surface area (Å²) in [6.45, 7) is 4.22.